The van der Waals surface area contributed by atoms with Crippen molar-refractivity contribution >= 4 is 11.6 Å². The Hall–Kier alpha value is -1.36. The van der Waals surface area contributed by atoms with Crippen LogP contribution >= 0.6 is 0 Å². The van der Waals surface area contributed by atoms with Crippen molar-refractivity contribution in [3.8, 4) is 0 Å². The van der Waals surface area contributed by atoms with Gasteiger partial charge in [-0.05, 0) is 20.8 Å². The number of hydrogen-bond acceptors (Lipinski definition) is 5. The molecule has 0 saturated carbocycles. The SMILES string of the molecule is CC(CN)Nc1cc(N(C)C(C)C)ncn1. The number of hydrogen-bond donors (Lipinski definition) is 2. The molecule has 1 aromatic heterocycles. The third kappa shape index (κ3) is 3.34. The van der Waals surface area contributed by atoms with Gasteiger partial charge in [0.1, 0.15) is 18.0 Å². The van der Waals surface area contributed by atoms with Gasteiger partial charge in [-0.25, -0.2) is 9.97 Å². The Morgan fingerprint density at radius 1 is 1.38 bits per heavy atom. The summed E-state index contributed by atoms with van der Waals surface area (Å²) in [6.45, 7) is 6.85. The summed E-state index contributed by atoms with van der Waals surface area (Å²) in [5, 5.41) is 3.22. The summed E-state index contributed by atoms with van der Waals surface area (Å²) < 4.78 is 0. The van der Waals surface area contributed by atoms with Crippen LogP contribution in [0.2, 0.25) is 0 Å². The molecular formula is C11H21N5. The van der Waals surface area contributed by atoms with Gasteiger partial charge in [0.2, 0.25) is 0 Å². The van der Waals surface area contributed by atoms with Crippen LogP contribution < -0.4 is 16.0 Å². The molecule has 0 spiro atoms. The zero-order valence-corrected chi connectivity index (χ0v) is 10.4. The number of nitrogens with two attached hydrogens (primary N) is 1. The lowest BCUT2D eigenvalue weighted by molar-refractivity contribution is 0.740. The number of nitrogens with one attached hydrogen (secondary N) is 1. The van der Waals surface area contributed by atoms with Crippen LogP contribution in [0.15, 0.2) is 12.4 Å². The van der Waals surface area contributed by atoms with E-state index >= 15 is 0 Å². The van der Waals surface area contributed by atoms with Gasteiger partial charge in [-0.1, -0.05) is 0 Å². The average molecular weight is 223 g/mol. The van der Waals surface area contributed by atoms with E-state index in [1.807, 2.05) is 20.0 Å². The zero-order valence-electron chi connectivity index (χ0n) is 10.4. The minimum atomic E-state index is 0.215. The standard InChI is InChI=1S/C11H21N5/c1-8(2)16(4)11-5-10(13-7-14-11)15-9(3)6-12/h5,7-9H,6,12H2,1-4H3,(H,13,14,15). The Labute approximate surface area is 97.1 Å². The lowest BCUT2D eigenvalue weighted by Crippen LogP contribution is -2.28. The molecule has 0 fully saturated rings. The summed E-state index contributed by atoms with van der Waals surface area (Å²) >= 11 is 0. The Morgan fingerprint density at radius 3 is 2.62 bits per heavy atom. The summed E-state index contributed by atoms with van der Waals surface area (Å²) in [5.41, 5.74) is 5.55. The van der Waals surface area contributed by atoms with Gasteiger partial charge in [0.15, 0.2) is 0 Å². The molecule has 0 aliphatic rings. The second-order valence-electron chi connectivity index (χ2n) is 4.25. The van der Waals surface area contributed by atoms with Crippen molar-refractivity contribution in [3.63, 3.8) is 0 Å². The van der Waals surface area contributed by atoms with Gasteiger partial charge in [-0.2, -0.15) is 0 Å². The molecule has 5 heteroatoms. The molecule has 1 heterocycles. The fraction of sp³-hybridized carbons (Fsp3) is 0.636. The van der Waals surface area contributed by atoms with Crippen molar-refractivity contribution in [2.24, 2.45) is 5.73 Å². The molecular weight excluding hydrogens is 202 g/mol. The van der Waals surface area contributed by atoms with Crippen molar-refractivity contribution < 1.29 is 0 Å². The Kier molecular flexibility index (Phi) is 4.49. The van der Waals surface area contributed by atoms with E-state index in [-0.39, 0.29) is 6.04 Å². The maximum atomic E-state index is 5.55. The van der Waals surface area contributed by atoms with E-state index in [1.165, 1.54) is 0 Å². The molecule has 0 aliphatic heterocycles. The highest BCUT2D eigenvalue weighted by molar-refractivity contribution is 5.48. The van der Waals surface area contributed by atoms with Crippen molar-refractivity contribution in [1.29, 1.82) is 0 Å². The normalized spacial score (nSPS) is 12.6. The largest absolute Gasteiger partial charge is 0.366 e. The van der Waals surface area contributed by atoms with Crippen molar-refractivity contribution in [2.75, 3.05) is 23.8 Å². The number of rotatable bonds is 5. The molecule has 1 unspecified atom stereocenters. The average Bonchev–Trinajstić information content (AvgIpc) is 2.28. The summed E-state index contributed by atoms with van der Waals surface area (Å²) in [4.78, 5) is 10.5. The molecule has 0 bridgehead atoms. The minimum absolute atomic E-state index is 0.215. The van der Waals surface area contributed by atoms with Gasteiger partial charge in [0.25, 0.3) is 0 Å². The highest BCUT2D eigenvalue weighted by Gasteiger charge is 2.08. The molecule has 3 N–H and O–H groups in total. The summed E-state index contributed by atoms with van der Waals surface area (Å²) in [6.07, 6.45) is 1.57. The Bertz CT molecular complexity index is 326. The van der Waals surface area contributed by atoms with Crippen molar-refractivity contribution in [1.82, 2.24) is 9.97 Å². The highest BCUT2D eigenvalue weighted by Crippen LogP contribution is 2.15. The predicted octanol–water partition coefficient (Wildman–Crippen LogP) is 1.08. The van der Waals surface area contributed by atoms with Crippen LogP contribution in [0.25, 0.3) is 0 Å². The van der Waals surface area contributed by atoms with Crippen LogP contribution in [0.5, 0.6) is 0 Å². The van der Waals surface area contributed by atoms with Crippen LogP contribution in [0.3, 0.4) is 0 Å². The minimum Gasteiger partial charge on any atom is -0.366 e. The van der Waals surface area contributed by atoms with Crippen LogP contribution in [0.4, 0.5) is 11.6 Å². The first kappa shape index (κ1) is 12.7. The molecule has 5 nitrogen and oxygen atoms in total. The van der Waals surface area contributed by atoms with Gasteiger partial charge < -0.3 is 16.0 Å². The van der Waals surface area contributed by atoms with Crippen molar-refractivity contribution in [3.05, 3.63) is 12.4 Å². The third-order valence-electron chi connectivity index (χ3n) is 2.54. The lowest BCUT2D eigenvalue weighted by atomic mass is 10.3. The Morgan fingerprint density at radius 2 is 2.06 bits per heavy atom. The van der Waals surface area contributed by atoms with E-state index < -0.39 is 0 Å². The van der Waals surface area contributed by atoms with Gasteiger partial charge in [0, 0.05) is 31.7 Å². The quantitative estimate of drug-likeness (QED) is 0.782. The molecule has 1 atom stereocenters. The first-order chi connectivity index (χ1) is 7.54. The molecule has 0 saturated heterocycles. The van der Waals surface area contributed by atoms with Crippen LogP contribution in [-0.2, 0) is 0 Å². The van der Waals surface area contributed by atoms with E-state index in [4.69, 9.17) is 5.73 Å². The molecule has 1 rings (SSSR count). The van der Waals surface area contributed by atoms with Crippen LogP contribution in [0, 0.1) is 0 Å². The maximum Gasteiger partial charge on any atom is 0.134 e. The van der Waals surface area contributed by atoms with E-state index in [0.717, 1.165) is 11.6 Å². The molecule has 1 aromatic rings. The maximum absolute atomic E-state index is 5.55. The predicted molar refractivity (Wildman–Crippen MR) is 67.7 cm³/mol. The summed E-state index contributed by atoms with van der Waals surface area (Å²) in [6, 6.07) is 2.56. The monoisotopic (exact) mass is 223 g/mol. The van der Waals surface area contributed by atoms with E-state index in [1.54, 1.807) is 6.33 Å². The van der Waals surface area contributed by atoms with Gasteiger partial charge in [-0.3, -0.25) is 0 Å². The second-order valence-corrected chi connectivity index (χ2v) is 4.25. The first-order valence-corrected chi connectivity index (χ1v) is 5.56. The topological polar surface area (TPSA) is 67.1 Å². The van der Waals surface area contributed by atoms with Gasteiger partial charge >= 0.3 is 0 Å². The van der Waals surface area contributed by atoms with E-state index in [9.17, 15) is 0 Å². The smallest absolute Gasteiger partial charge is 0.134 e. The van der Waals surface area contributed by atoms with Gasteiger partial charge in [-0.15, -0.1) is 0 Å². The van der Waals surface area contributed by atoms with E-state index in [0.29, 0.717) is 12.6 Å². The highest BCUT2D eigenvalue weighted by atomic mass is 15.2. The summed E-state index contributed by atoms with van der Waals surface area (Å²) in [5.74, 6) is 1.73. The fourth-order valence-corrected chi connectivity index (χ4v) is 1.19. The Balaban J connectivity index is 2.78. The molecule has 16 heavy (non-hydrogen) atoms. The molecule has 0 amide bonds. The van der Waals surface area contributed by atoms with Gasteiger partial charge in [0.05, 0.1) is 0 Å². The number of nitrogens with zero attached hydrogens (tertiary/aromatic N) is 3. The molecule has 0 aromatic carbocycles. The third-order valence-corrected chi connectivity index (χ3v) is 2.54. The zero-order chi connectivity index (χ0) is 12.1. The molecule has 90 valence electrons. The first-order valence-electron chi connectivity index (χ1n) is 5.56. The fourth-order valence-electron chi connectivity index (χ4n) is 1.19. The second kappa shape index (κ2) is 5.65. The lowest BCUT2D eigenvalue weighted by Gasteiger charge is -2.23. The summed E-state index contributed by atoms with van der Waals surface area (Å²) in [7, 11) is 2.02. The molecule has 0 radical (unpaired) electrons. The molecule has 0 aliphatic carbocycles. The van der Waals surface area contributed by atoms with Crippen molar-refractivity contribution in [2.45, 2.75) is 32.9 Å². The van der Waals surface area contributed by atoms with E-state index in [2.05, 4.69) is 34.0 Å². The van der Waals surface area contributed by atoms with Crippen LogP contribution in [0.1, 0.15) is 20.8 Å². The number of anilines is 2. The number of aromatic nitrogens is 2. The van der Waals surface area contributed by atoms with Crippen LogP contribution in [-0.4, -0.2) is 35.6 Å².